The van der Waals surface area contributed by atoms with E-state index in [9.17, 15) is 15.0 Å². The molecule has 5 aliphatic rings. The van der Waals surface area contributed by atoms with E-state index < -0.39 is 29.7 Å². The monoisotopic (exact) mass is 402 g/mol. The minimum atomic E-state index is -1.13. The van der Waals surface area contributed by atoms with Gasteiger partial charge in [0.2, 0.25) is 6.29 Å². The number of esters is 1. The van der Waals surface area contributed by atoms with Crippen molar-refractivity contribution >= 4 is 5.97 Å². The van der Waals surface area contributed by atoms with Crippen LogP contribution < -0.4 is 0 Å². The van der Waals surface area contributed by atoms with Crippen LogP contribution >= 0.6 is 0 Å². The van der Waals surface area contributed by atoms with Crippen LogP contribution in [0.2, 0.25) is 0 Å². The molecule has 4 nitrogen and oxygen atoms in total. The third-order valence-corrected chi connectivity index (χ3v) is 10.9. The van der Waals surface area contributed by atoms with Crippen LogP contribution in [0.25, 0.3) is 0 Å². The summed E-state index contributed by atoms with van der Waals surface area (Å²) < 4.78 is 5.21. The van der Waals surface area contributed by atoms with Gasteiger partial charge in [0, 0.05) is 11.0 Å². The largest absolute Gasteiger partial charge is 0.432 e. The molecule has 29 heavy (non-hydrogen) atoms. The molecule has 0 spiro atoms. The molecule has 0 aromatic rings. The predicted molar refractivity (Wildman–Crippen MR) is 111 cm³/mol. The summed E-state index contributed by atoms with van der Waals surface area (Å²) >= 11 is 0. The van der Waals surface area contributed by atoms with Gasteiger partial charge >= 0.3 is 5.97 Å². The van der Waals surface area contributed by atoms with Gasteiger partial charge in [-0.1, -0.05) is 47.1 Å². The smallest absolute Gasteiger partial charge is 0.336 e. The van der Waals surface area contributed by atoms with Gasteiger partial charge in [-0.2, -0.15) is 0 Å². The van der Waals surface area contributed by atoms with E-state index in [-0.39, 0.29) is 16.7 Å². The van der Waals surface area contributed by atoms with E-state index in [1.165, 1.54) is 32.1 Å². The van der Waals surface area contributed by atoms with Crippen molar-refractivity contribution in [3.05, 3.63) is 11.6 Å². The molecule has 0 aromatic carbocycles. The second-order valence-electron chi connectivity index (χ2n) is 12.3. The number of carbonyl (C=O) groups excluding carboxylic acids is 1. The fourth-order valence-electron chi connectivity index (χ4n) is 9.63. The molecule has 162 valence electrons. The Bertz CT molecular complexity index is 771. The predicted octanol–water partition coefficient (Wildman–Crippen LogP) is 4.44. The average Bonchev–Trinajstić information content (AvgIpc) is 2.91. The Labute approximate surface area is 175 Å². The zero-order valence-corrected chi connectivity index (χ0v) is 18.7. The molecule has 1 saturated heterocycles. The van der Waals surface area contributed by atoms with E-state index >= 15 is 0 Å². The van der Waals surface area contributed by atoms with Crippen LogP contribution in [0.4, 0.5) is 0 Å². The standard InChI is InChI=1S/C25H38O4/c1-22(2)10-6-11-23(3)15(22)9-12-24(4)16-8-7-14-19(21(28)29-20(14)27)25(16,5)18(26)13-17(23)24/h7,15-19,21,26,28H,6,8-13H2,1-5H3/t15-,16-,17+,18+,19-,21+,23-,24-,25+/m0/s1. The summed E-state index contributed by atoms with van der Waals surface area (Å²) in [4.78, 5) is 12.3. The van der Waals surface area contributed by atoms with E-state index in [1.54, 1.807) is 0 Å². The first-order valence-corrected chi connectivity index (χ1v) is 11.7. The van der Waals surface area contributed by atoms with Gasteiger partial charge in [-0.05, 0) is 72.5 Å². The van der Waals surface area contributed by atoms with Crippen LogP contribution in [0.1, 0.15) is 79.6 Å². The van der Waals surface area contributed by atoms with Crippen molar-refractivity contribution in [1.82, 2.24) is 0 Å². The highest BCUT2D eigenvalue weighted by Gasteiger charge is 2.70. The highest BCUT2D eigenvalue weighted by Crippen LogP contribution is 2.73. The maximum atomic E-state index is 12.3. The van der Waals surface area contributed by atoms with E-state index in [0.717, 1.165) is 12.8 Å². The first-order valence-electron chi connectivity index (χ1n) is 11.7. The second kappa shape index (κ2) is 5.88. The second-order valence-corrected chi connectivity index (χ2v) is 12.3. The molecule has 2 N–H and O–H groups in total. The Balaban J connectivity index is 1.60. The number of carbonyl (C=O) groups is 1. The van der Waals surface area contributed by atoms with Crippen LogP contribution in [0, 0.1) is 45.3 Å². The number of hydrogen-bond donors (Lipinski definition) is 2. The summed E-state index contributed by atoms with van der Waals surface area (Å²) in [5.74, 6) is 0.632. The van der Waals surface area contributed by atoms with Crippen LogP contribution in [0.5, 0.6) is 0 Å². The molecule has 3 saturated carbocycles. The van der Waals surface area contributed by atoms with Crippen molar-refractivity contribution in [3.8, 4) is 0 Å². The topological polar surface area (TPSA) is 66.8 Å². The summed E-state index contributed by atoms with van der Waals surface area (Å²) in [5.41, 5.74) is 0.799. The molecule has 9 atom stereocenters. The molecule has 4 aliphatic carbocycles. The van der Waals surface area contributed by atoms with Gasteiger partial charge in [0.1, 0.15) is 0 Å². The van der Waals surface area contributed by atoms with Crippen molar-refractivity contribution in [2.45, 2.75) is 92.0 Å². The highest BCUT2D eigenvalue weighted by molar-refractivity contribution is 5.91. The Hall–Kier alpha value is -0.870. The van der Waals surface area contributed by atoms with Gasteiger partial charge in [0.15, 0.2) is 0 Å². The molecule has 0 unspecified atom stereocenters. The number of aliphatic hydroxyl groups is 2. The van der Waals surface area contributed by atoms with Crippen LogP contribution in [0.15, 0.2) is 11.6 Å². The van der Waals surface area contributed by atoms with Gasteiger partial charge in [-0.3, -0.25) is 0 Å². The number of fused-ring (bicyclic) bond motifs is 7. The molecular formula is C25H38O4. The van der Waals surface area contributed by atoms with E-state index in [2.05, 4.69) is 34.6 Å². The van der Waals surface area contributed by atoms with Crippen molar-refractivity contribution < 1.29 is 19.7 Å². The molecule has 0 amide bonds. The first-order chi connectivity index (χ1) is 13.5. The number of allylic oxidation sites excluding steroid dienone is 1. The summed E-state index contributed by atoms with van der Waals surface area (Å²) in [5, 5.41) is 22.2. The lowest BCUT2D eigenvalue weighted by Crippen LogP contribution is -2.66. The molecule has 0 bridgehead atoms. The molecular weight excluding hydrogens is 364 g/mol. The Morgan fingerprint density at radius 1 is 0.966 bits per heavy atom. The SMILES string of the molecule is CC1(C)CCC[C@]2(C)[C@H]3C[C@@H](O)[C@]4(C)[C@H]5C(=CC[C@H]4[C@]3(C)CC[C@@H]12)C(=O)O[C@H]5O. The lowest BCUT2D eigenvalue weighted by molar-refractivity contribution is -0.247. The number of ether oxygens (including phenoxy) is 1. The highest BCUT2D eigenvalue weighted by atomic mass is 16.6. The minimum absolute atomic E-state index is 0.111. The van der Waals surface area contributed by atoms with E-state index in [0.29, 0.717) is 22.8 Å². The minimum Gasteiger partial charge on any atom is -0.432 e. The first kappa shape index (κ1) is 20.1. The summed E-state index contributed by atoms with van der Waals surface area (Å²) in [6, 6.07) is 0. The fraction of sp³-hybridized carbons (Fsp3) is 0.880. The Kier molecular flexibility index (Phi) is 4.07. The van der Waals surface area contributed by atoms with Crippen LogP contribution in [-0.2, 0) is 9.53 Å². The van der Waals surface area contributed by atoms with Crippen LogP contribution in [-0.4, -0.2) is 28.6 Å². The van der Waals surface area contributed by atoms with Gasteiger partial charge in [-0.15, -0.1) is 0 Å². The molecule has 4 fully saturated rings. The van der Waals surface area contributed by atoms with Gasteiger partial charge in [0.25, 0.3) is 0 Å². The van der Waals surface area contributed by atoms with Gasteiger partial charge < -0.3 is 14.9 Å². The quantitative estimate of drug-likeness (QED) is 0.588. The Morgan fingerprint density at radius 3 is 2.38 bits per heavy atom. The number of aliphatic hydroxyl groups excluding tert-OH is 2. The maximum Gasteiger partial charge on any atom is 0.336 e. The van der Waals surface area contributed by atoms with Crippen molar-refractivity contribution in [2.75, 3.05) is 0 Å². The zero-order chi connectivity index (χ0) is 21.0. The van der Waals surface area contributed by atoms with E-state index in [4.69, 9.17) is 4.74 Å². The number of hydrogen-bond acceptors (Lipinski definition) is 4. The van der Waals surface area contributed by atoms with Gasteiger partial charge in [0.05, 0.1) is 12.0 Å². The summed E-state index contributed by atoms with van der Waals surface area (Å²) in [6.45, 7) is 12.0. The van der Waals surface area contributed by atoms with Crippen molar-refractivity contribution in [1.29, 1.82) is 0 Å². The molecule has 1 heterocycles. The molecule has 0 aromatic heterocycles. The average molecular weight is 403 g/mol. The molecule has 0 radical (unpaired) electrons. The maximum absolute atomic E-state index is 12.3. The van der Waals surface area contributed by atoms with Crippen molar-refractivity contribution in [3.63, 3.8) is 0 Å². The molecule has 5 rings (SSSR count). The van der Waals surface area contributed by atoms with E-state index in [1.807, 2.05) is 6.08 Å². The molecule has 4 heteroatoms. The number of rotatable bonds is 0. The lowest BCUT2D eigenvalue weighted by atomic mass is 9.34. The summed E-state index contributed by atoms with van der Waals surface area (Å²) in [7, 11) is 0. The molecule has 1 aliphatic heterocycles. The third kappa shape index (κ3) is 2.31. The fourth-order valence-corrected chi connectivity index (χ4v) is 9.63. The zero-order valence-electron chi connectivity index (χ0n) is 18.7. The van der Waals surface area contributed by atoms with Crippen LogP contribution in [0.3, 0.4) is 0 Å². The normalized spacial score (nSPS) is 55.7. The van der Waals surface area contributed by atoms with Crippen molar-refractivity contribution in [2.24, 2.45) is 45.3 Å². The summed E-state index contributed by atoms with van der Waals surface area (Å²) in [6.07, 6.45) is 8.21. The third-order valence-electron chi connectivity index (χ3n) is 10.9. The Morgan fingerprint density at radius 2 is 1.66 bits per heavy atom. The van der Waals surface area contributed by atoms with Gasteiger partial charge in [-0.25, -0.2) is 4.79 Å². The number of cyclic esters (lactones) is 1. The lowest BCUT2D eigenvalue weighted by Gasteiger charge is -2.70.